The molecule has 162 valence electrons. The molecule has 32 heavy (non-hydrogen) atoms. The predicted octanol–water partition coefficient (Wildman–Crippen LogP) is 4.88. The molecule has 0 saturated heterocycles. The van der Waals surface area contributed by atoms with Crippen LogP contribution in [0, 0.1) is 13.8 Å². The first-order valence-corrected chi connectivity index (χ1v) is 10.6. The number of imidazole rings is 1. The van der Waals surface area contributed by atoms with E-state index in [1.165, 1.54) is 5.56 Å². The van der Waals surface area contributed by atoms with Gasteiger partial charge in [0.2, 0.25) is 5.91 Å². The number of rotatable bonds is 6. The molecule has 0 radical (unpaired) electrons. The Hall–Kier alpha value is -3.64. The van der Waals surface area contributed by atoms with Gasteiger partial charge in [-0.25, -0.2) is 4.98 Å². The van der Waals surface area contributed by atoms with E-state index in [0.29, 0.717) is 16.4 Å². The Bertz CT molecular complexity index is 1310. The minimum Gasteiger partial charge on any atom is -0.345 e. The zero-order chi connectivity index (χ0) is 22.7. The van der Waals surface area contributed by atoms with Gasteiger partial charge in [-0.2, -0.15) is 0 Å². The monoisotopic (exact) mass is 446 g/mol. The second-order valence-electron chi connectivity index (χ2n) is 7.61. The first kappa shape index (κ1) is 21.6. The van der Waals surface area contributed by atoms with Gasteiger partial charge in [-0.05, 0) is 61.4 Å². The van der Waals surface area contributed by atoms with Crippen molar-refractivity contribution in [3.8, 4) is 0 Å². The van der Waals surface area contributed by atoms with E-state index in [9.17, 15) is 9.59 Å². The van der Waals surface area contributed by atoms with Crippen molar-refractivity contribution < 1.29 is 9.59 Å². The number of aromatic nitrogens is 2. The van der Waals surface area contributed by atoms with Crippen LogP contribution in [-0.4, -0.2) is 21.4 Å². The number of nitrogens with one attached hydrogen (secondary N) is 2. The zero-order valence-corrected chi connectivity index (χ0v) is 18.6. The summed E-state index contributed by atoms with van der Waals surface area (Å²) in [6.07, 6.45) is 0. The Morgan fingerprint density at radius 1 is 0.969 bits per heavy atom. The Balaban J connectivity index is 1.54. The van der Waals surface area contributed by atoms with Gasteiger partial charge in [0.25, 0.3) is 5.91 Å². The van der Waals surface area contributed by atoms with Gasteiger partial charge in [0.05, 0.1) is 28.2 Å². The lowest BCUT2D eigenvalue weighted by molar-refractivity contribution is -0.116. The number of halogens is 1. The van der Waals surface area contributed by atoms with E-state index in [4.69, 9.17) is 11.6 Å². The van der Waals surface area contributed by atoms with Crippen LogP contribution in [0.25, 0.3) is 11.0 Å². The van der Waals surface area contributed by atoms with E-state index >= 15 is 0 Å². The average Bonchev–Trinajstić information content (AvgIpc) is 3.12. The van der Waals surface area contributed by atoms with Crippen LogP contribution in [0.15, 0.2) is 66.7 Å². The predicted molar refractivity (Wildman–Crippen MR) is 127 cm³/mol. The molecule has 7 heteroatoms. The molecule has 2 N–H and O–H groups in total. The molecule has 0 unspecified atom stereocenters. The molecule has 0 bridgehead atoms. The summed E-state index contributed by atoms with van der Waals surface area (Å²) < 4.78 is 1.82. The molecule has 0 atom stereocenters. The summed E-state index contributed by atoms with van der Waals surface area (Å²) in [4.78, 5) is 30.0. The third-order valence-electron chi connectivity index (χ3n) is 5.35. The largest absolute Gasteiger partial charge is 0.345 e. The maximum Gasteiger partial charge on any atom is 0.253 e. The van der Waals surface area contributed by atoms with Gasteiger partial charge >= 0.3 is 0 Å². The molecule has 0 fully saturated rings. The van der Waals surface area contributed by atoms with Crippen molar-refractivity contribution in [1.29, 1.82) is 0 Å². The molecule has 0 spiro atoms. The van der Waals surface area contributed by atoms with Gasteiger partial charge in [-0.1, -0.05) is 41.9 Å². The van der Waals surface area contributed by atoms with Crippen LogP contribution in [0.4, 0.5) is 5.69 Å². The fourth-order valence-corrected chi connectivity index (χ4v) is 3.72. The highest BCUT2D eigenvalue weighted by Gasteiger charge is 2.16. The van der Waals surface area contributed by atoms with E-state index < -0.39 is 0 Å². The highest BCUT2D eigenvalue weighted by molar-refractivity contribution is 6.33. The Kier molecular flexibility index (Phi) is 6.23. The number of amides is 2. The highest BCUT2D eigenvalue weighted by atomic mass is 35.5. The van der Waals surface area contributed by atoms with Gasteiger partial charge in [-0.3, -0.25) is 9.59 Å². The number of carbonyl (C=O) groups excluding carboxylic acids is 2. The number of benzene rings is 3. The van der Waals surface area contributed by atoms with Crippen LogP contribution in [0.5, 0.6) is 0 Å². The fourth-order valence-electron chi connectivity index (χ4n) is 3.50. The van der Waals surface area contributed by atoms with Crippen LogP contribution in [0.2, 0.25) is 5.02 Å². The highest BCUT2D eigenvalue weighted by Crippen LogP contribution is 2.19. The van der Waals surface area contributed by atoms with Crippen LogP contribution >= 0.6 is 11.6 Å². The molecular weight excluding hydrogens is 424 g/mol. The molecule has 0 aliphatic rings. The van der Waals surface area contributed by atoms with Crippen LogP contribution in [0.1, 0.15) is 27.3 Å². The van der Waals surface area contributed by atoms with E-state index in [2.05, 4.69) is 15.6 Å². The molecule has 0 aliphatic heterocycles. The summed E-state index contributed by atoms with van der Waals surface area (Å²) in [5.41, 5.74) is 5.00. The Labute approximate surface area is 191 Å². The summed E-state index contributed by atoms with van der Waals surface area (Å²) in [5.74, 6) is 0.116. The third kappa shape index (κ3) is 4.65. The number of para-hydroxylation sites is 2. The quantitative estimate of drug-likeness (QED) is 0.443. The Morgan fingerprint density at radius 3 is 2.50 bits per heavy atom. The van der Waals surface area contributed by atoms with Crippen molar-refractivity contribution in [2.75, 3.05) is 5.32 Å². The van der Waals surface area contributed by atoms with Gasteiger partial charge in [0, 0.05) is 5.69 Å². The normalized spacial score (nSPS) is 10.8. The molecule has 1 heterocycles. The maximum atomic E-state index is 12.8. The molecule has 3 aromatic carbocycles. The minimum atomic E-state index is -0.297. The number of fused-ring (bicyclic) bond motifs is 1. The van der Waals surface area contributed by atoms with Crippen LogP contribution in [0.3, 0.4) is 0 Å². The van der Waals surface area contributed by atoms with Crippen molar-refractivity contribution in [2.45, 2.75) is 26.9 Å². The molecule has 4 aromatic rings. The van der Waals surface area contributed by atoms with E-state index in [1.807, 2.05) is 60.9 Å². The molecule has 1 aromatic heterocycles. The van der Waals surface area contributed by atoms with Crippen LogP contribution in [-0.2, 0) is 17.9 Å². The van der Waals surface area contributed by atoms with Crippen molar-refractivity contribution in [2.24, 2.45) is 0 Å². The number of anilines is 1. The fraction of sp³-hybridized carbons (Fsp3) is 0.160. The van der Waals surface area contributed by atoms with Gasteiger partial charge in [-0.15, -0.1) is 0 Å². The summed E-state index contributed by atoms with van der Waals surface area (Å²) in [6, 6.07) is 20.3. The summed E-state index contributed by atoms with van der Waals surface area (Å²) >= 11 is 6.13. The standard InChI is InChI=1S/C25H23ClN4O2/c1-16-11-12-18(13-17(16)2)28-24(31)15-30-22-10-6-5-9-21(22)29-23(30)14-27-25(32)19-7-3-4-8-20(19)26/h3-13H,14-15H2,1-2H3,(H,27,32)(H,28,31). The molecule has 0 aliphatic carbocycles. The maximum absolute atomic E-state index is 12.8. The van der Waals surface area contributed by atoms with Gasteiger partial charge in [0.15, 0.2) is 0 Å². The first-order chi connectivity index (χ1) is 15.4. The van der Waals surface area contributed by atoms with Crippen molar-refractivity contribution in [3.63, 3.8) is 0 Å². The zero-order valence-electron chi connectivity index (χ0n) is 17.9. The lowest BCUT2D eigenvalue weighted by Gasteiger charge is -2.12. The summed E-state index contributed by atoms with van der Waals surface area (Å²) in [5, 5.41) is 6.18. The molecule has 4 rings (SSSR count). The van der Waals surface area contributed by atoms with Gasteiger partial charge < -0.3 is 15.2 Å². The smallest absolute Gasteiger partial charge is 0.253 e. The van der Waals surface area contributed by atoms with Crippen molar-refractivity contribution in [1.82, 2.24) is 14.9 Å². The molecule has 0 saturated carbocycles. The number of nitrogens with zero attached hydrogens (tertiary/aromatic N) is 2. The van der Waals surface area contributed by atoms with Crippen LogP contribution < -0.4 is 10.6 Å². The number of carbonyl (C=O) groups is 2. The molecule has 2 amide bonds. The summed E-state index contributed by atoms with van der Waals surface area (Å²) in [6.45, 7) is 4.27. The van der Waals surface area contributed by atoms with Gasteiger partial charge in [0.1, 0.15) is 12.4 Å². The number of aryl methyl sites for hydroxylation is 2. The van der Waals surface area contributed by atoms with Crippen molar-refractivity contribution >= 4 is 40.1 Å². The first-order valence-electron chi connectivity index (χ1n) is 10.3. The van der Waals surface area contributed by atoms with E-state index in [0.717, 1.165) is 22.3 Å². The minimum absolute atomic E-state index is 0.0741. The van der Waals surface area contributed by atoms with E-state index in [-0.39, 0.29) is 24.9 Å². The third-order valence-corrected chi connectivity index (χ3v) is 5.68. The topological polar surface area (TPSA) is 76.0 Å². The second kappa shape index (κ2) is 9.24. The SMILES string of the molecule is Cc1ccc(NC(=O)Cn2c(CNC(=O)c3ccccc3Cl)nc3ccccc32)cc1C. The van der Waals surface area contributed by atoms with E-state index in [1.54, 1.807) is 24.3 Å². The molecule has 6 nitrogen and oxygen atoms in total. The average molecular weight is 447 g/mol. The number of hydrogen-bond acceptors (Lipinski definition) is 3. The van der Waals surface area contributed by atoms with Crippen molar-refractivity contribution in [3.05, 3.63) is 94.3 Å². The second-order valence-corrected chi connectivity index (χ2v) is 8.02. The lowest BCUT2D eigenvalue weighted by atomic mass is 10.1. The number of hydrogen-bond donors (Lipinski definition) is 2. The molecular formula is C25H23ClN4O2. The summed E-state index contributed by atoms with van der Waals surface area (Å²) in [7, 11) is 0. The Morgan fingerprint density at radius 2 is 1.72 bits per heavy atom. The lowest BCUT2D eigenvalue weighted by Crippen LogP contribution is -2.26.